The largest absolute Gasteiger partial charge is 0.508 e. The van der Waals surface area contributed by atoms with Gasteiger partial charge >= 0.3 is 0 Å². The molecule has 4 rings (SSSR count). The Morgan fingerprint density at radius 3 is 2.76 bits per heavy atom. The number of fused-ring (bicyclic) bond motifs is 2. The number of phenolic OH excluding ortho intramolecular Hbond substituents is 1. The van der Waals surface area contributed by atoms with Crippen molar-refractivity contribution in [1.82, 2.24) is 9.61 Å². The molecule has 25 heavy (non-hydrogen) atoms. The van der Waals surface area contributed by atoms with Gasteiger partial charge in [0.05, 0.1) is 28.7 Å². The number of aromatic nitrogens is 2. The van der Waals surface area contributed by atoms with Crippen molar-refractivity contribution in [1.29, 1.82) is 0 Å². The van der Waals surface area contributed by atoms with E-state index in [1.807, 2.05) is 19.9 Å². The summed E-state index contributed by atoms with van der Waals surface area (Å²) in [5, 5.41) is 15.3. The van der Waals surface area contributed by atoms with Gasteiger partial charge in [0, 0.05) is 10.9 Å². The van der Waals surface area contributed by atoms with Crippen LogP contribution in [0.5, 0.6) is 5.75 Å². The standard InChI is InChI=1S/C18H16N4O3/c1-8-5-13-14(18(20)24)15(19)16(22(13)21-9(8)2)12-7-11(23)6-10-3-4-25-17(10)12/h3-7,23H,19H2,1-2H3,(H2,20,24). The molecule has 0 unspecified atom stereocenters. The van der Waals surface area contributed by atoms with Crippen molar-refractivity contribution in [3.8, 4) is 17.0 Å². The highest BCUT2D eigenvalue weighted by atomic mass is 16.3. The molecule has 0 saturated carbocycles. The van der Waals surface area contributed by atoms with Crippen LogP contribution in [0.1, 0.15) is 21.6 Å². The van der Waals surface area contributed by atoms with Gasteiger partial charge in [-0.25, -0.2) is 4.52 Å². The van der Waals surface area contributed by atoms with Gasteiger partial charge in [0.25, 0.3) is 5.91 Å². The van der Waals surface area contributed by atoms with Gasteiger partial charge in [-0.05, 0) is 43.7 Å². The summed E-state index contributed by atoms with van der Waals surface area (Å²) >= 11 is 0. The lowest BCUT2D eigenvalue weighted by Crippen LogP contribution is -2.12. The Morgan fingerprint density at radius 1 is 1.28 bits per heavy atom. The predicted octanol–water partition coefficient (Wildman–Crippen LogP) is 2.75. The summed E-state index contributed by atoms with van der Waals surface area (Å²) in [5.41, 5.74) is 16.0. The number of primary amides is 1. The Kier molecular flexibility index (Phi) is 3.02. The van der Waals surface area contributed by atoms with Gasteiger partial charge in [-0.2, -0.15) is 5.10 Å². The monoisotopic (exact) mass is 336 g/mol. The molecule has 7 nitrogen and oxygen atoms in total. The van der Waals surface area contributed by atoms with Crippen LogP contribution in [0.15, 0.2) is 34.9 Å². The Morgan fingerprint density at radius 2 is 2.04 bits per heavy atom. The van der Waals surface area contributed by atoms with Crippen LogP contribution in [-0.2, 0) is 0 Å². The third kappa shape index (κ3) is 2.06. The number of nitrogens with zero attached hydrogens (tertiary/aromatic N) is 2. The van der Waals surface area contributed by atoms with Crippen molar-refractivity contribution in [3.05, 3.63) is 47.3 Å². The smallest absolute Gasteiger partial charge is 0.253 e. The lowest BCUT2D eigenvalue weighted by atomic mass is 10.1. The molecule has 0 aliphatic carbocycles. The summed E-state index contributed by atoms with van der Waals surface area (Å²) < 4.78 is 7.14. The van der Waals surface area contributed by atoms with Crippen molar-refractivity contribution in [3.63, 3.8) is 0 Å². The fraction of sp³-hybridized carbons (Fsp3) is 0.111. The quantitative estimate of drug-likeness (QED) is 0.520. The number of benzene rings is 1. The fourth-order valence-electron chi connectivity index (χ4n) is 3.13. The summed E-state index contributed by atoms with van der Waals surface area (Å²) in [4.78, 5) is 12.0. The molecule has 5 N–H and O–H groups in total. The van der Waals surface area contributed by atoms with Crippen molar-refractivity contribution in [2.45, 2.75) is 13.8 Å². The number of phenols is 1. The SMILES string of the molecule is Cc1cc2c(C(N)=O)c(N)c(-c3cc(O)cc4ccoc34)n2nc1C. The molecule has 1 aromatic carbocycles. The van der Waals surface area contributed by atoms with Crippen LogP contribution in [0.25, 0.3) is 27.7 Å². The lowest BCUT2D eigenvalue weighted by Gasteiger charge is -2.07. The minimum atomic E-state index is -0.637. The summed E-state index contributed by atoms with van der Waals surface area (Å²) in [7, 11) is 0. The third-order valence-electron chi connectivity index (χ3n) is 4.43. The first-order valence-electron chi connectivity index (χ1n) is 7.67. The zero-order chi connectivity index (χ0) is 17.9. The normalized spacial score (nSPS) is 11.4. The van der Waals surface area contributed by atoms with Crippen LogP contribution in [-0.4, -0.2) is 20.6 Å². The summed E-state index contributed by atoms with van der Waals surface area (Å²) in [6.45, 7) is 3.76. The zero-order valence-electron chi connectivity index (χ0n) is 13.7. The fourth-order valence-corrected chi connectivity index (χ4v) is 3.13. The maximum absolute atomic E-state index is 12.0. The molecule has 7 heteroatoms. The molecule has 126 valence electrons. The first kappa shape index (κ1) is 15.1. The first-order chi connectivity index (χ1) is 11.9. The van der Waals surface area contributed by atoms with Crippen LogP contribution in [0, 0.1) is 13.8 Å². The summed E-state index contributed by atoms with van der Waals surface area (Å²) in [6.07, 6.45) is 1.53. The van der Waals surface area contributed by atoms with Gasteiger partial charge in [-0.15, -0.1) is 0 Å². The van der Waals surface area contributed by atoms with Gasteiger partial charge in [-0.3, -0.25) is 4.79 Å². The van der Waals surface area contributed by atoms with E-state index in [0.29, 0.717) is 27.7 Å². The Labute approximate surface area is 142 Å². The Hall–Kier alpha value is -3.48. The molecular formula is C18H16N4O3. The number of aromatic hydroxyl groups is 1. The van der Waals surface area contributed by atoms with Crippen molar-refractivity contribution in [2.24, 2.45) is 5.73 Å². The van der Waals surface area contributed by atoms with E-state index in [1.165, 1.54) is 12.3 Å². The zero-order valence-corrected chi connectivity index (χ0v) is 13.7. The Bertz CT molecular complexity index is 1170. The van der Waals surface area contributed by atoms with Crippen LogP contribution in [0.4, 0.5) is 5.69 Å². The number of hydrogen-bond acceptors (Lipinski definition) is 5. The van der Waals surface area contributed by atoms with E-state index < -0.39 is 5.91 Å². The van der Waals surface area contributed by atoms with E-state index in [9.17, 15) is 9.90 Å². The summed E-state index contributed by atoms with van der Waals surface area (Å²) in [6, 6.07) is 6.69. The maximum Gasteiger partial charge on any atom is 0.253 e. The molecule has 0 saturated heterocycles. The van der Waals surface area contributed by atoms with E-state index >= 15 is 0 Å². The van der Waals surface area contributed by atoms with Gasteiger partial charge < -0.3 is 21.0 Å². The third-order valence-corrected chi connectivity index (χ3v) is 4.43. The molecular weight excluding hydrogens is 320 g/mol. The van der Waals surface area contributed by atoms with E-state index in [4.69, 9.17) is 15.9 Å². The summed E-state index contributed by atoms with van der Waals surface area (Å²) in [5.74, 6) is -0.579. The number of aryl methyl sites for hydroxylation is 2. The number of carbonyl (C=O) groups excluding carboxylic acids is 1. The highest BCUT2D eigenvalue weighted by Gasteiger charge is 2.25. The average Bonchev–Trinajstić information content (AvgIpc) is 3.09. The van der Waals surface area contributed by atoms with Crippen LogP contribution in [0.2, 0.25) is 0 Å². The molecule has 4 aromatic rings. The molecule has 0 fully saturated rings. The number of rotatable bonds is 2. The van der Waals surface area contributed by atoms with Crippen molar-refractivity contribution in [2.75, 3.05) is 5.73 Å². The van der Waals surface area contributed by atoms with Crippen LogP contribution in [0.3, 0.4) is 0 Å². The van der Waals surface area contributed by atoms with Crippen LogP contribution < -0.4 is 11.5 Å². The molecule has 3 heterocycles. The minimum Gasteiger partial charge on any atom is -0.508 e. The molecule has 0 aliphatic rings. The Balaban J connectivity index is 2.21. The van der Waals surface area contributed by atoms with Gasteiger partial charge in [0.1, 0.15) is 17.0 Å². The minimum absolute atomic E-state index is 0.0581. The second-order valence-electron chi connectivity index (χ2n) is 6.04. The number of anilines is 1. The highest BCUT2D eigenvalue weighted by Crippen LogP contribution is 2.39. The number of furan rings is 1. The first-order valence-corrected chi connectivity index (χ1v) is 7.67. The number of carbonyl (C=O) groups is 1. The number of nitrogens with two attached hydrogens (primary N) is 2. The van der Waals surface area contributed by atoms with E-state index in [-0.39, 0.29) is 17.0 Å². The maximum atomic E-state index is 12.0. The molecule has 0 atom stereocenters. The van der Waals surface area contributed by atoms with Gasteiger partial charge in [0.15, 0.2) is 0 Å². The topological polar surface area (TPSA) is 120 Å². The molecule has 3 aromatic heterocycles. The number of nitrogen functional groups attached to an aromatic ring is 1. The average molecular weight is 336 g/mol. The molecule has 0 spiro atoms. The second-order valence-corrected chi connectivity index (χ2v) is 6.04. The molecule has 1 amide bonds. The van der Waals surface area contributed by atoms with E-state index in [0.717, 1.165) is 11.3 Å². The van der Waals surface area contributed by atoms with Crippen molar-refractivity contribution >= 4 is 28.1 Å². The second kappa shape index (κ2) is 5.01. The number of hydrogen-bond donors (Lipinski definition) is 3. The predicted molar refractivity (Wildman–Crippen MR) is 94.5 cm³/mol. The molecule has 0 aliphatic heterocycles. The molecule has 0 radical (unpaired) electrons. The van der Waals surface area contributed by atoms with E-state index in [1.54, 1.807) is 16.6 Å². The molecule has 0 bridgehead atoms. The lowest BCUT2D eigenvalue weighted by molar-refractivity contribution is 0.100. The van der Waals surface area contributed by atoms with Crippen LogP contribution >= 0.6 is 0 Å². The van der Waals surface area contributed by atoms with Crippen molar-refractivity contribution < 1.29 is 14.3 Å². The number of amides is 1. The highest BCUT2D eigenvalue weighted by molar-refractivity contribution is 6.10. The van der Waals surface area contributed by atoms with Gasteiger partial charge in [0.2, 0.25) is 0 Å². The van der Waals surface area contributed by atoms with Gasteiger partial charge in [-0.1, -0.05) is 0 Å². The van der Waals surface area contributed by atoms with E-state index in [2.05, 4.69) is 5.10 Å².